The molecule has 94 valence electrons. The van der Waals surface area contributed by atoms with Gasteiger partial charge in [0.05, 0.1) is 20.6 Å². The van der Waals surface area contributed by atoms with Gasteiger partial charge >= 0.3 is 17.9 Å². The number of hydrogen-bond acceptors (Lipinski definition) is 5. The molecule has 0 aliphatic rings. The van der Waals surface area contributed by atoms with Crippen molar-refractivity contribution in [1.29, 1.82) is 0 Å². The summed E-state index contributed by atoms with van der Waals surface area (Å²) in [6.45, 7) is 0. The third-order valence-electron chi connectivity index (χ3n) is 1.92. The first-order chi connectivity index (χ1) is 6.93. The zero-order chi connectivity index (χ0) is 12.0. The molecule has 8 heteroatoms. The number of carbonyl (C=O) groups excluding carboxylic acids is 2. The Kier molecular flexibility index (Phi) is 8.41. The molecule has 0 heterocycles. The van der Waals surface area contributed by atoms with Crippen LogP contribution in [0.15, 0.2) is 0 Å². The van der Waals surface area contributed by atoms with Gasteiger partial charge in [-0.25, -0.2) is 4.79 Å². The highest BCUT2D eigenvalue weighted by Gasteiger charge is 2.37. The second-order valence-corrected chi connectivity index (χ2v) is 2.85. The number of esters is 2. The van der Waals surface area contributed by atoms with Gasteiger partial charge in [0, 0.05) is 0 Å². The lowest BCUT2D eigenvalue weighted by molar-refractivity contribution is -0.417. The molecule has 16 heavy (non-hydrogen) atoms. The summed E-state index contributed by atoms with van der Waals surface area (Å²) >= 11 is 0. The van der Waals surface area contributed by atoms with Gasteiger partial charge in [-0.1, -0.05) is 0 Å². The van der Waals surface area contributed by atoms with Crippen LogP contribution in [0.2, 0.25) is 0 Å². The van der Waals surface area contributed by atoms with Crippen molar-refractivity contribution in [2.75, 3.05) is 14.2 Å². The van der Waals surface area contributed by atoms with Crippen LogP contribution in [-0.2, 0) is 23.9 Å². The van der Waals surface area contributed by atoms with E-state index in [1.807, 2.05) is 0 Å². The second-order valence-electron chi connectivity index (χ2n) is 2.85. The van der Waals surface area contributed by atoms with E-state index in [0.717, 1.165) is 14.2 Å². The first kappa shape index (κ1) is 17.1. The zero-order valence-electron chi connectivity index (χ0n) is 8.94. The molecule has 0 amide bonds. The Labute approximate surface area is 98.3 Å². The first-order valence-corrected chi connectivity index (χ1v) is 4.14. The van der Waals surface area contributed by atoms with Crippen LogP contribution >= 0.6 is 0 Å². The molecule has 2 atom stereocenters. The summed E-state index contributed by atoms with van der Waals surface area (Å²) in [5.74, 6) is -3.86. The maximum absolute atomic E-state index is 11.2. The minimum absolute atomic E-state index is 0. The average molecular weight is 256 g/mol. The molecule has 0 spiro atoms. The number of rotatable bonds is 5. The van der Waals surface area contributed by atoms with Gasteiger partial charge in [-0.05, 0) is 0 Å². The molecule has 0 aliphatic heterocycles. The summed E-state index contributed by atoms with van der Waals surface area (Å²) in [5.41, 5.74) is 3.29. The number of carboxylic acid groups (broad SMARTS) is 1. The van der Waals surface area contributed by atoms with Crippen LogP contribution < -0.4 is 18.1 Å². The number of carbonyl (C=O) groups is 3. The summed E-state index contributed by atoms with van der Waals surface area (Å²) in [5, 5.41) is 8.66. The van der Waals surface area contributed by atoms with Gasteiger partial charge in [-0.2, -0.15) is 0 Å². The van der Waals surface area contributed by atoms with E-state index in [4.69, 9.17) is 5.11 Å². The summed E-state index contributed by atoms with van der Waals surface area (Å²) in [4.78, 5) is 32.7. The summed E-state index contributed by atoms with van der Waals surface area (Å²) in [6.07, 6.45) is -0.357. The predicted molar refractivity (Wildman–Crippen MR) is 46.5 cm³/mol. The number of carboxylic acids is 1. The highest BCUT2D eigenvalue weighted by molar-refractivity contribution is 5.86. The Morgan fingerprint density at radius 3 is 2.06 bits per heavy atom. The number of aliphatic carboxylic acids is 1. The Morgan fingerprint density at radius 2 is 1.75 bits per heavy atom. The van der Waals surface area contributed by atoms with Crippen molar-refractivity contribution in [2.45, 2.75) is 12.5 Å². The van der Waals surface area contributed by atoms with E-state index < -0.39 is 29.9 Å². The molecule has 0 rings (SSSR count). The SMILES string of the molecule is COC(=O)C[C@@H](C(=O)OC)[C@H]([NH3+])C(=O)O.[Cl-]. The average Bonchev–Trinajstić information content (AvgIpc) is 2.23. The molecule has 0 saturated carbocycles. The monoisotopic (exact) mass is 255 g/mol. The number of hydrogen-bond donors (Lipinski definition) is 2. The smallest absolute Gasteiger partial charge is 0.363 e. The highest BCUT2D eigenvalue weighted by Crippen LogP contribution is 2.10. The normalized spacial score (nSPS) is 12.9. The Hall–Kier alpha value is -1.34. The Balaban J connectivity index is 0. The third kappa shape index (κ3) is 4.94. The standard InChI is InChI=1S/C8H13NO6.ClH/c1-14-5(10)3-4(8(13)15-2)6(9)7(11)12;/h4,6H,3,9H2,1-2H3,(H,11,12);1H/t4-,6+;/m1./s1. The predicted octanol–water partition coefficient (Wildman–Crippen LogP) is -4.96. The van der Waals surface area contributed by atoms with Crippen molar-refractivity contribution in [3.63, 3.8) is 0 Å². The van der Waals surface area contributed by atoms with E-state index in [-0.39, 0.29) is 18.8 Å². The van der Waals surface area contributed by atoms with Gasteiger partial charge in [0.1, 0.15) is 5.92 Å². The van der Waals surface area contributed by atoms with Crippen molar-refractivity contribution < 1.29 is 47.1 Å². The number of ether oxygens (including phenoxy) is 2. The summed E-state index contributed by atoms with van der Waals surface area (Å²) in [7, 11) is 2.26. The fraction of sp³-hybridized carbons (Fsp3) is 0.625. The van der Waals surface area contributed by atoms with Crippen LogP contribution in [0.5, 0.6) is 0 Å². The molecule has 0 aliphatic carbocycles. The maximum Gasteiger partial charge on any atom is 0.363 e. The lowest BCUT2D eigenvalue weighted by atomic mass is 9.97. The van der Waals surface area contributed by atoms with Crippen molar-refractivity contribution >= 4 is 17.9 Å². The molecular formula is C8H14ClNO6. The zero-order valence-corrected chi connectivity index (χ0v) is 9.69. The van der Waals surface area contributed by atoms with E-state index in [1.54, 1.807) is 0 Å². The molecular weight excluding hydrogens is 242 g/mol. The van der Waals surface area contributed by atoms with Gasteiger partial charge in [0.2, 0.25) is 0 Å². The number of halogens is 1. The molecule has 0 aromatic rings. The molecule has 4 N–H and O–H groups in total. The number of quaternary nitrogens is 1. The largest absolute Gasteiger partial charge is 1.00 e. The minimum atomic E-state index is -1.27. The summed E-state index contributed by atoms with van der Waals surface area (Å²) in [6, 6.07) is -1.24. The van der Waals surface area contributed by atoms with Gasteiger partial charge in [-0.15, -0.1) is 0 Å². The van der Waals surface area contributed by atoms with E-state index in [0.29, 0.717) is 0 Å². The van der Waals surface area contributed by atoms with Crippen LogP contribution in [0.3, 0.4) is 0 Å². The minimum Gasteiger partial charge on any atom is -1.00 e. The van der Waals surface area contributed by atoms with Gasteiger partial charge in [0.15, 0.2) is 6.04 Å². The van der Waals surface area contributed by atoms with Crippen molar-refractivity contribution in [3.05, 3.63) is 0 Å². The topological polar surface area (TPSA) is 118 Å². The molecule has 0 unspecified atom stereocenters. The maximum atomic E-state index is 11.2. The number of methoxy groups -OCH3 is 2. The lowest BCUT2D eigenvalue weighted by Gasteiger charge is -2.14. The van der Waals surface area contributed by atoms with E-state index in [9.17, 15) is 14.4 Å². The van der Waals surface area contributed by atoms with Crippen LogP contribution in [0.25, 0.3) is 0 Å². The fourth-order valence-corrected chi connectivity index (χ4v) is 0.976. The molecule has 0 bridgehead atoms. The first-order valence-electron chi connectivity index (χ1n) is 4.14. The van der Waals surface area contributed by atoms with E-state index in [1.165, 1.54) is 0 Å². The highest BCUT2D eigenvalue weighted by atomic mass is 35.5. The molecule has 0 fully saturated rings. The van der Waals surface area contributed by atoms with Crippen LogP contribution in [0, 0.1) is 5.92 Å². The lowest BCUT2D eigenvalue weighted by Crippen LogP contribution is -3.00. The van der Waals surface area contributed by atoms with Crippen molar-refractivity contribution in [2.24, 2.45) is 5.92 Å². The van der Waals surface area contributed by atoms with E-state index >= 15 is 0 Å². The van der Waals surface area contributed by atoms with Crippen molar-refractivity contribution in [3.8, 4) is 0 Å². The molecule has 0 aromatic heterocycles. The van der Waals surface area contributed by atoms with E-state index in [2.05, 4.69) is 15.2 Å². The Morgan fingerprint density at radius 1 is 1.25 bits per heavy atom. The Bertz CT molecular complexity index is 269. The molecule has 0 radical (unpaired) electrons. The second kappa shape index (κ2) is 7.89. The molecule has 7 nitrogen and oxygen atoms in total. The molecule has 0 saturated heterocycles. The summed E-state index contributed by atoms with van der Waals surface area (Å²) < 4.78 is 8.72. The van der Waals surface area contributed by atoms with Crippen LogP contribution in [0.4, 0.5) is 0 Å². The fourth-order valence-electron chi connectivity index (χ4n) is 0.976. The van der Waals surface area contributed by atoms with Gasteiger partial charge in [-0.3, -0.25) is 9.59 Å². The van der Waals surface area contributed by atoms with Crippen LogP contribution in [0.1, 0.15) is 6.42 Å². The van der Waals surface area contributed by atoms with Crippen LogP contribution in [-0.4, -0.2) is 43.3 Å². The van der Waals surface area contributed by atoms with Gasteiger partial charge < -0.3 is 32.7 Å². The van der Waals surface area contributed by atoms with Crippen molar-refractivity contribution in [1.82, 2.24) is 0 Å². The third-order valence-corrected chi connectivity index (χ3v) is 1.92. The quantitative estimate of drug-likeness (QED) is 0.475. The molecule has 0 aromatic carbocycles. The van der Waals surface area contributed by atoms with Gasteiger partial charge in [0.25, 0.3) is 0 Å².